The summed E-state index contributed by atoms with van der Waals surface area (Å²) < 4.78 is 0. The number of hydrogen-bond donors (Lipinski definition) is 2. The quantitative estimate of drug-likeness (QED) is 0.899. The second-order valence-corrected chi connectivity index (χ2v) is 5.51. The van der Waals surface area contributed by atoms with Crippen molar-refractivity contribution in [2.75, 3.05) is 0 Å². The predicted octanol–water partition coefficient (Wildman–Crippen LogP) is 3.04. The molecule has 0 amide bonds. The molecule has 0 saturated heterocycles. The first kappa shape index (κ1) is 14.3. The zero-order valence-electron chi connectivity index (χ0n) is 12.1. The van der Waals surface area contributed by atoms with Crippen LogP contribution in [-0.4, -0.2) is 15.1 Å². The fourth-order valence-corrected chi connectivity index (χ4v) is 2.11. The van der Waals surface area contributed by atoms with Gasteiger partial charge in [0.25, 0.3) is 5.56 Å². The van der Waals surface area contributed by atoms with Gasteiger partial charge >= 0.3 is 0 Å². The highest BCUT2D eigenvalue weighted by molar-refractivity contribution is 5.67. The van der Waals surface area contributed by atoms with E-state index in [2.05, 4.69) is 23.8 Å². The number of aromatic hydroxyl groups is 1. The number of aromatic amines is 1. The Bertz CT molecular complexity index is 660. The molecule has 2 aromatic rings. The van der Waals surface area contributed by atoms with Crippen LogP contribution < -0.4 is 5.56 Å². The molecular weight excluding hydrogens is 252 g/mol. The maximum absolute atomic E-state index is 12.2. The lowest BCUT2D eigenvalue weighted by Crippen LogP contribution is -2.14. The van der Waals surface area contributed by atoms with Gasteiger partial charge in [0.1, 0.15) is 11.4 Å². The summed E-state index contributed by atoms with van der Waals surface area (Å²) in [4.78, 5) is 19.0. The van der Waals surface area contributed by atoms with E-state index in [1.54, 1.807) is 6.07 Å². The Morgan fingerprint density at radius 2 is 2.10 bits per heavy atom. The van der Waals surface area contributed by atoms with Crippen molar-refractivity contribution in [1.82, 2.24) is 9.97 Å². The summed E-state index contributed by atoms with van der Waals surface area (Å²) in [5, 5.41) is 10.1. The first-order valence-corrected chi connectivity index (χ1v) is 6.86. The van der Waals surface area contributed by atoms with Crippen molar-refractivity contribution in [2.24, 2.45) is 5.92 Å². The van der Waals surface area contributed by atoms with Gasteiger partial charge in [0, 0.05) is 6.42 Å². The smallest absolute Gasteiger partial charge is 0.262 e. The van der Waals surface area contributed by atoms with Crippen molar-refractivity contribution < 1.29 is 5.11 Å². The van der Waals surface area contributed by atoms with Gasteiger partial charge in [-0.1, -0.05) is 43.7 Å². The molecule has 106 valence electrons. The summed E-state index contributed by atoms with van der Waals surface area (Å²) >= 11 is 0. The molecule has 4 heteroatoms. The third kappa shape index (κ3) is 3.26. The minimum Gasteiger partial charge on any atom is -0.493 e. The third-order valence-electron chi connectivity index (χ3n) is 3.21. The van der Waals surface area contributed by atoms with E-state index in [0.717, 1.165) is 12.0 Å². The van der Waals surface area contributed by atoms with Gasteiger partial charge in [-0.2, -0.15) is 4.98 Å². The number of hydrogen-bond acceptors (Lipinski definition) is 3. The number of H-pyrrole nitrogens is 1. The molecule has 20 heavy (non-hydrogen) atoms. The predicted molar refractivity (Wildman–Crippen MR) is 79.9 cm³/mol. The van der Waals surface area contributed by atoms with Gasteiger partial charge in [-0.05, 0) is 24.8 Å². The fourth-order valence-electron chi connectivity index (χ4n) is 2.11. The van der Waals surface area contributed by atoms with E-state index in [1.807, 2.05) is 25.1 Å². The molecule has 1 heterocycles. The molecule has 0 aliphatic rings. The standard InChI is InChI=1S/C16H20N2O2/c1-10(2)7-8-13-17-15(19)14(16(20)18-13)12-6-4-5-11(3)9-12/h4-6,9-10H,7-8H2,1-3H3,(H2,17,18,19,20). The first-order valence-electron chi connectivity index (χ1n) is 6.86. The highest BCUT2D eigenvalue weighted by Crippen LogP contribution is 2.24. The number of rotatable bonds is 4. The van der Waals surface area contributed by atoms with E-state index in [-0.39, 0.29) is 17.0 Å². The molecule has 4 nitrogen and oxygen atoms in total. The monoisotopic (exact) mass is 272 g/mol. The molecule has 0 radical (unpaired) electrons. The number of benzene rings is 1. The summed E-state index contributed by atoms with van der Waals surface area (Å²) in [6.45, 7) is 6.16. The molecule has 0 aliphatic carbocycles. The molecule has 0 atom stereocenters. The minimum atomic E-state index is -0.290. The van der Waals surface area contributed by atoms with Crippen LogP contribution in [0.5, 0.6) is 5.88 Å². The third-order valence-corrected chi connectivity index (χ3v) is 3.21. The van der Waals surface area contributed by atoms with Crippen LogP contribution >= 0.6 is 0 Å². The van der Waals surface area contributed by atoms with Gasteiger partial charge < -0.3 is 10.1 Å². The molecule has 0 unspecified atom stereocenters. The van der Waals surface area contributed by atoms with Gasteiger partial charge in [0.2, 0.25) is 5.88 Å². The van der Waals surface area contributed by atoms with Crippen molar-refractivity contribution in [3.05, 3.63) is 46.0 Å². The van der Waals surface area contributed by atoms with Crippen LogP contribution in [0.2, 0.25) is 0 Å². The summed E-state index contributed by atoms with van der Waals surface area (Å²) in [6.07, 6.45) is 1.58. The highest BCUT2D eigenvalue weighted by Gasteiger charge is 2.13. The molecule has 0 saturated carbocycles. The molecule has 0 spiro atoms. The van der Waals surface area contributed by atoms with Crippen molar-refractivity contribution in [2.45, 2.75) is 33.6 Å². The van der Waals surface area contributed by atoms with Crippen LogP contribution in [0.25, 0.3) is 11.1 Å². The Morgan fingerprint density at radius 1 is 1.35 bits per heavy atom. The van der Waals surface area contributed by atoms with E-state index in [4.69, 9.17) is 0 Å². The Hall–Kier alpha value is -2.10. The molecular formula is C16H20N2O2. The van der Waals surface area contributed by atoms with E-state index >= 15 is 0 Å². The number of aromatic nitrogens is 2. The van der Waals surface area contributed by atoms with Crippen molar-refractivity contribution in [1.29, 1.82) is 0 Å². The Labute approximate surface area is 118 Å². The molecule has 0 fully saturated rings. The molecule has 2 N–H and O–H groups in total. The maximum atomic E-state index is 12.2. The van der Waals surface area contributed by atoms with Gasteiger partial charge in [0.15, 0.2) is 0 Å². The van der Waals surface area contributed by atoms with Gasteiger partial charge in [-0.3, -0.25) is 4.79 Å². The zero-order chi connectivity index (χ0) is 14.7. The zero-order valence-corrected chi connectivity index (χ0v) is 12.1. The Balaban J connectivity index is 2.39. The molecule has 2 rings (SSSR count). The van der Waals surface area contributed by atoms with Crippen molar-refractivity contribution in [3.8, 4) is 17.0 Å². The lowest BCUT2D eigenvalue weighted by molar-refractivity contribution is 0.447. The normalized spacial score (nSPS) is 11.0. The van der Waals surface area contributed by atoms with E-state index in [1.165, 1.54) is 0 Å². The minimum absolute atomic E-state index is 0.196. The van der Waals surface area contributed by atoms with Crippen molar-refractivity contribution >= 4 is 0 Å². The van der Waals surface area contributed by atoms with E-state index in [0.29, 0.717) is 23.7 Å². The fraction of sp³-hybridized carbons (Fsp3) is 0.375. The summed E-state index contributed by atoms with van der Waals surface area (Å²) in [7, 11) is 0. The molecule has 1 aromatic heterocycles. The number of aryl methyl sites for hydroxylation is 2. The van der Waals surface area contributed by atoms with Crippen LogP contribution in [0.3, 0.4) is 0 Å². The van der Waals surface area contributed by atoms with E-state index in [9.17, 15) is 9.90 Å². The van der Waals surface area contributed by atoms with Crippen molar-refractivity contribution in [3.63, 3.8) is 0 Å². The molecule has 0 aliphatic heterocycles. The number of nitrogens with one attached hydrogen (secondary N) is 1. The summed E-state index contributed by atoms with van der Waals surface area (Å²) in [5.41, 5.74) is 1.67. The van der Waals surface area contributed by atoms with Crippen LogP contribution in [0.1, 0.15) is 31.7 Å². The van der Waals surface area contributed by atoms with Gasteiger partial charge in [0.05, 0.1) is 0 Å². The SMILES string of the molecule is Cc1cccc(-c2c(O)nc(CCC(C)C)[nH]c2=O)c1. The van der Waals surface area contributed by atoms with Crippen LogP contribution in [0, 0.1) is 12.8 Å². The van der Waals surface area contributed by atoms with Crippen LogP contribution in [-0.2, 0) is 6.42 Å². The van der Waals surface area contributed by atoms with Crippen LogP contribution in [0.4, 0.5) is 0 Å². The molecule has 1 aromatic carbocycles. The molecule has 0 bridgehead atoms. The Morgan fingerprint density at radius 3 is 2.70 bits per heavy atom. The van der Waals surface area contributed by atoms with Gasteiger partial charge in [-0.25, -0.2) is 0 Å². The number of nitrogens with zero attached hydrogens (tertiary/aromatic N) is 1. The highest BCUT2D eigenvalue weighted by atomic mass is 16.3. The Kier molecular flexibility index (Phi) is 4.23. The second kappa shape index (κ2) is 5.90. The topological polar surface area (TPSA) is 66.0 Å². The summed E-state index contributed by atoms with van der Waals surface area (Å²) in [6, 6.07) is 7.46. The van der Waals surface area contributed by atoms with Gasteiger partial charge in [-0.15, -0.1) is 0 Å². The first-order chi connectivity index (χ1) is 9.47. The largest absolute Gasteiger partial charge is 0.493 e. The maximum Gasteiger partial charge on any atom is 0.262 e. The summed E-state index contributed by atoms with van der Waals surface area (Å²) in [5.74, 6) is 0.870. The lowest BCUT2D eigenvalue weighted by Gasteiger charge is -2.08. The second-order valence-electron chi connectivity index (χ2n) is 5.51. The van der Waals surface area contributed by atoms with E-state index < -0.39 is 0 Å². The average Bonchev–Trinajstić information content (AvgIpc) is 2.35. The lowest BCUT2D eigenvalue weighted by atomic mass is 10.1. The average molecular weight is 272 g/mol. The van der Waals surface area contributed by atoms with Crippen LogP contribution in [0.15, 0.2) is 29.1 Å².